The number of hydrogen-bond acceptors (Lipinski definition) is 3. The number of nitrogens with zero attached hydrogens (tertiary/aromatic N) is 2. The van der Waals surface area contributed by atoms with Gasteiger partial charge in [-0.2, -0.15) is 0 Å². The van der Waals surface area contributed by atoms with Crippen molar-refractivity contribution in [2.45, 2.75) is 4.90 Å². The van der Waals surface area contributed by atoms with E-state index in [1.807, 2.05) is 6.07 Å². The van der Waals surface area contributed by atoms with E-state index in [1.165, 1.54) is 0 Å². The van der Waals surface area contributed by atoms with E-state index in [9.17, 15) is 8.42 Å². The van der Waals surface area contributed by atoms with E-state index >= 15 is 0 Å². The maximum Gasteiger partial charge on any atom is 0.261 e. The number of imidazole rings is 1. The molecule has 0 radical (unpaired) electrons. The maximum absolute atomic E-state index is 12.3. The maximum atomic E-state index is 12.3. The number of nitrogens with one attached hydrogen (secondary N) is 1. The van der Waals surface area contributed by atoms with Crippen molar-refractivity contribution in [2.24, 2.45) is 0 Å². The van der Waals surface area contributed by atoms with Crippen molar-refractivity contribution in [3.63, 3.8) is 0 Å². The van der Waals surface area contributed by atoms with Crippen molar-refractivity contribution in [2.75, 3.05) is 4.72 Å². The summed E-state index contributed by atoms with van der Waals surface area (Å²) in [6.07, 6.45) is 5.12. The average Bonchev–Trinajstić information content (AvgIpc) is 3.02. The highest BCUT2D eigenvalue weighted by atomic mass is 32.2. The van der Waals surface area contributed by atoms with E-state index in [2.05, 4.69) is 9.71 Å². The molecule has 0 aliphatic rings. The zero-order valence-electron chi connectivity index (χ0n) is 11.0. The van der Waals surface area contributed by atoms with Crippen LogP contribution < -0.4 is 4.72 Å². The first-order valence-electron chi connectivity index (χ1n) is 6.31. The van der Waals surface area contributed by atoms with Gasteiger partial charge in [-0.25, -0.2) is 13.4 Å². The van der Waals surface area contributed by atoms with Gasteiger partial charge >= 0.3 is 0 Å². The summed E-state index contributed by atoms with van der Waals surface area (Å²) in [5, 5.41) is 0. The van der Waals surface area contributed by atoms with Crippen molar-refractivity contribution in [1.29, 1.82) is 0 Å². The monoisotopic (exact) mass is 299 g/mol. The molecule has 21 heavy (non-hydrogen) atoms. The number of benzene rings is 2. The van der Waals surface area contributed by atoms with Gasteiger partial charge in [0.15, 0.2) is 0 Å². The van der Waals surface area contributed by atoms with Gasteiger partial charge in [0, 0.05) is 18.1 Å². The first kappa shape index (κ1) is 13.4. The fourth-order valence-corrected chi connectivity index (χ4v) is 3.03. The number of sulfonamides is 1. The smallest absolute Gasteiger partial charge is 0.261 e. The number of anilines is 1. The number of hydrogen-bond donors (Lipinski definition) is 1. The molecule has 2 aromatic carbocycles. The molecule has 0 spiro atoms. The lowest BCUT2D eigenvalue weighted by Crippen LogP contribution is -2.12. The zero-order valence-corrected chi connectivity index (χ0v) is 11.9. The Balaban J connectivity index is 1.91. The van der Waals surface area contributed by atoms with E-state index in [0.29, 0.717) is 5.69 Å². The Hall–Kier alpha value is -2.60. The predicted octanol–water partition coefficient (Wildman–Crippen LogP) is 2.67. The third-order valence-corrected chi connectivity index (χ3v) is 4.35. The molecule has 1 heterocycles. The molecule has 0 aliphatic heterocycles. The molecule has 0 fully saturated rings. The highest BCUT2D eigenvalue weighted by Crippen LogP contribution is 2.18. The molecule has 6 heteroatoms. The summed E-state index contributed by atoms with van der Waals surface area (Å²) in [7, 11) is -3.57. The molecule has 1 N–H and O–H groups in total. The van der Waals surface area contributed by atoms with Gasteiger partial charge in [0.25, 0.3) is 10.0 Å². The van der Waals surface area contributed by atoms with Crippen LogP contribution in [-0.2, 0) is 10.0 Å². The topological polar surface area (TPSA) is 64.0 Å². The normalized spacial score (nSPS) is 11.2. The summed E-state index contributed by atoms with van der Waals surface area (Å²) < 4.78 is 28.9. The van der Waals surface area contributed by atoms with Gasteiger partial charge < -0.3 is 4.57 Å². The Labute approximate surface area is 122 Å². The first-order chi connectivity index (χ1) is 10.1. The molecule has 1 aromatic heterocycles. The lowest BCUT2D eigenvalue weighted by molar-refractivity contribution is 0.601. The minimum atomic E-state index is -3.57. The molecule has 106 valence electrons. The Bertz CT molecular complexity index is 828. The zero-order chi connectivity index (χ0) is 14.7. The molecule has 5 nitrogen and oxygen atoms in total. The van der Waals surface area contributed by atoms with Crippen molar-refractivity contribution in [1.82, 2.24) is 9.55 Å². The second kappa shape index (κ2) is 5.41. The van der Waals surface area contributed by atoms with Crippen LogP contribution in [0.5, 0.6) is 0 Å². The number of rotatable bonds is 4. The lowest BCUT2D eigenvalue weighted by Gasteiger charge is -2.09. The summed E-state index contributed by atoms with van der Waals surface area (Å²) >= 11 is 0. The Kier molecular flexibility index (Phi) is 3.45. The van der Waals surface area contributed by atoms with Gasteiger partial charge in [0.2, 0.25) is 0 Å². The van der Waals surface area contributed by atoms with E-state index < -0.39 is 10.0 Å². The van der Waals surface area contributed by atoms with Gasteiger partial charge in [-0.3, -0.25) is 4.72 Å². The average molecular weight is 299 g/mol. The van der Waals surface area contributed by atoms with E-state index in [4.69, 9.17) is 0 Å². The molecule has 3 aromatic rings. The van der Waals surface area contributed by atoms with Crippen LogP contribution in [0.25, 0.3) is 5.69 Å². The fourth-order valence-electron chi connectivity index (χ4n) is 1.96. The van der Waals surface area contributed by atoms with Crippen molar-refractivity contribution in [3.05, 3.63) is 73.3 Å². The third-order valence-electron chi connectivity index (χ3n) is 2.95. The van der Waals surface area contributed by atoms with Crippen LogP contribution in [0.4, 0.5) is 5.69 Å². The molecular weight excluding hydrogens is 286 g/mol. The highest BCUT2D eigenvalue weighted by Gasteiger charge is 2.13. The van der Waals surface area contributed by atoms with Crippen LogP contribution in [0.2, 0.25) is 0 Å². The molecule has 0 saturated carbocycles. The summed E-state index contributed by atoms with van der Waals surface area (Å²) in [6.45, 7) is 0. The SMILES string of the molecule is O=S(=O)(Nc1cccc(-n2ccnc2)c1)c1ccccc1. The van der Waals surface area contributed by atoms with Crippen LogP contribution >= 0.6 is 0 Å². The first-order valence-corrected chi connectivity index (χ1v) is 7.80. The summed E-state index contributed by atoms with van der Waals surface area (Å²) in [6, 6.07) is 15.4. The van der Waals surface area contributed by atoms with Crippen LogP contribution in [-0.4, -0.2) is 18.0 Å². The molecule has 0 bridgehead atoms. The lowest BCUT2D eigenvalue weighted by atomic mass is 10.3. The molecule has 0 atom stereocenters. The predicted molar refractivity (Wildman–Crippen MR) is 80.8 cm³/mol. The molecule has 0 unspecified atom stereocenters. The van der Waals surface area contributed by atoms with Crippen molar-refractivity contribution < 1.29 is 8.42 Å². The van der Waals surface area contributed by atoms with E-state index in [0.717, 1.165) is 5.69 Å². The molecular formula is C15H13N3O2S. The Morgan fingerprint density at radius 1 is 1.00 bits per heavy atom. The van der Waals surface area contributed by atoms with Crippen LogP contribution in [0.1, 0.15) is 0 Å². The van der Waals surface area contributed by atoms with Crippen molar-refractivity contribution >= 4 is 15.7 Å². The molecule has 0 saturated heterocycles. The third kappa shape index (κ3) is 2.95. The van der Waals surface area contributed by atoms with E-state index in [-0.39, 0.29) is 4.90 Å². The summed E-state index contributed by atoms with van der Waals surface area (Å²) in [5.74, 6) is 0. The van der Waals surface area contributed by atoms with Gasteiger partial charge in [-0.1, -0.05) is 24.3 Å². The number of aromatic nitrogens is 2. The summed E-state index contributed by atoms with van der Waals surface area (Å²) in [4.78, 5) is 4.21. The van der Waals surface area contributed by atoms with Crippen LogP contribution in [0.15, 0.2) is 78.2 Å². The second-order valence-electron chi connectivity index (χ2n) is 4.44. The van der Waals surface area contributed by atoms with Gasteiger partial charge in [-0.05, 0) is 30.3 Å². The van der Waals surface area contributed by atoms with E-state index in [1.54, 1.807) is 71.8 Å². The molecule has 0 amide bonds. The quantitative estimate of drug-likeness (QED) is 0.805. The second-order valence-corrected chi connectivity index (χ2v) is 6.12. The fraction of sp³-hybridized carbons (Fsp3) is 0. The van der Waals surface area contributed by atoms with Crippen LogP contribution in [0, 0.1) is 0 Å². The van der Waals surface area contributed by atoms with Gasteiger partial charge in [0.05, 0.1) is 16.9 Å². The van der Waals surface area contributed by atoms with Crippen LogP contribution in [0.3, 0.4) is 0 Å². The highest BCUT2D eigenvalue weighted by molar-refractivity contribution is 7.92. The molecule has 0 aliphatic carbocycles. The minimum absolute atomic E-state index is 0.234. The Morgan fingerprint density at radius 2 is 1.81 bits per heavy atom. The Morgan fingerprint density at radius 3 is 2.52 bits per heavy atom. The van der Waals surface area contributed by atoms with Crippen molar-refractivity contribution in [3.8, 4) is 5.69 Å². The standard InChI is InChI=1S/C15H13N3O2S/c19-21(20,15-7-2-1-3-8-15)17-13-5-4-6-14(11-13)18-10-9-16-12-18/h1-12,17H. The van der Waals surface area contributed by atoms with Gasteiger partial charge in [-0.15, -0.1) is 0 Å². The summed E-state index contributed by atoms with van der Waals surface area (Å²) in [5.41, 5.74) is 1.34. The molecule has 3 rings (SSSR count). The largest absolute Gasteiger partial charge is 0.306 e. The minimum Gasteiger partial charge on any atom is -0.306 e. The van der Waals surface area contributed by atoms with Gasteiger partial charge in [0.1, 0.15) is 0 Å².